The molecule has 0 bridgehead atoms. The largest absolute Gasteiger partial charge is 0.469 e. The van der Waals surface area contributed by atoms with Gasteiger partial charge in [-0.15, -0.1) is 0 Å². The van der Waals surface area contributed by atoms with Crippen LogP contribution in [0.2, 0.25) is 0 Å². The van der Waals surface area contributed by atoms with E-state index >= 15 is 0 Å². The van der Waals surface area contributed by atoms with Gasteiger partial charge >= 0.3 is 12.1 Å². The molecular formula is C20H23NO4S2. The quantitative estimate of drug-likeness (QED) is 0.518. The van der Waals surface area contributed by atoms with Crippen LogP contribution in [0.3, 0.4) is 0 Å². The van der Waals surface area contributed by atoms with E-state index in [1.165, 1.54) is 18.2 Å². The van der Waals surface area contributed by atoms with Crippen LogP contribution in [0.5, 0.6) is 0 Å². The van der Waals surface area contributed by atoms with E-state index in [4.69, 9.17) is 4.74 Å². The minimum atomic E-state index is -0.397. The molecule has 0 aromatic carbocycles. The molecule has 1 amide bonds. The number of amides is 1. The molecule has 2 aromatic heterocycles. The minimum Gasteiger partial charge on any atom is -0.469 e. The molecule has 2 aromatic rings. The SMILES string of the molecule is COC(=O)CCCCCNC(=O)OC1Cc2cscc2/C=C\c2cscc21. The molecule has 1 atom stereocenters. The van der Waals surface area contributed by atoms with Crippen molar-refractivity contribution in [2.45, 2.75) is 38.2 Å². The Hall–Kier alpha value is -2.12. The lowest BCUT2D eigenvalue weighted by atomic mass is 9.96. The highest BCUT2D eigenvalue weighted by Crippen LogP contribution is 2.34. The number of fused-ring (bicyclic) bond motifs is 2. The van der Waals surface area contributed by atoms with Gasteiger partial charge in [0.2, 0.25) is 0 Å². The number of carbonyl (C=O) groups excluding carboxylic acids is 2. The second-order valence-electron chi connectivity index (χ2n) is 6.38. The summed E-state index contributed by atoms with van der Waals surface area (Å²) in [6.45, 7) is 0.535. The fourth-order valence-electron chi connectivity index (χ4n) is 2.99. The van der Waals surface area contributed by atoms with Gasteiger partial charge in [-0.3, -0.25) is 4.79 Å². The Kier molecular flexibility index (Phi) is 7.06. The first kappa shape index (κ1) is 19.6. The highest BCUT2D eigenvalue weighted by atomic mass is 32.1. The molecule has 0 radical (unpaired) electrons. The Balaban J connectivity index is 1.50. The number of rotatable bonds is 7. The summed E-state index contributed by atoms with van der Waals surface area (Å²) in [5, 5.41) is 11.2. The van der Waals surface area contributed by atoms with Crippen molar-refractivity contribution in [1.82, 2.24) is 5.32 Å². The van der Waals surface area contributed by atoms with Gasteiger partial charge in [-0.1, -0.05) is 18.6 Å². The van der Waals surface area contributed by atoms with Crippen LogP contribution in [0, 0.1) is 0 Å². The lowest BCUT2D eigenvalue weighted by molar-refractivity contribution is -0.140. The number of thiophene rings is 2. The average Bonchev–Trinajstić information content (AvgIpc) is 3.29. The van der Waals surface area contributed by atoms with Crippen LogP contribution in [0.1, 0.15) is 54.0 Å². The number of methoxy groups -OCH3 is 1. The van der Waals surface area contributed by atoms with E-state index in [0.29, 0.717) is 19.4 Å². The first-order chi connectivity index (χ1) is 13.2. The van der Waals surface area contributed by atoms with Crippen molar-refractivity contribution in [3.63, 3.8) is 0 Å². The zero-order chi connectivity index (χ0) is 19.1. The highest BCUT2D eigenvalue weighted by molar-refractivity contribution is 7.08. The van der Waals surface area contributed by atoms with Gasteiger partial charge in [-0.25, -0.2) is 4.79 Å². The van der Waals surface area contributed by atoms with Crippen molar-refractivity contribution in [3.8, 4) is 0 Å². The third-order valence-electron chi connectivity index (χ3n) is 4.50. The van der Waals surface area contributed by atoms with Crippen molar-refractivity contribution < 1.29 is 19.1 Å². The molecule has 0 aliphatic heterocycles. The number of alkyl carbamates (subject to hydrolysis) is 1. The fourth-order valence-corrected chi connectivity index (χ4v) is 4.69. The summed E-state index contributed by atoms with van der Waals surface area (Å²) in [7, 11) is 1.39. The van der Waals surface area contributed by atoms with Gasteiger partial charge in [-0.05, 0) is 51.1 Å². The highest BCUT2D eigenvalue weighted by Gasteiger charge is 2.23. The molecule has 7 heteroatoms. The number of hydrogen-bond acceptors (Lipinski definition) is 6. The standard InChI is InChI=1S/C20H23NO4S2/c1-24-19(22)5-3-2-4-8-21-20(23)25-18-9-16-12-26-10-14(16)6-7-15-11-27-13-17(15)18/h6-7,10-13,18H,2-5,8-9H2,1H3,(H,21,23)/b7-6-. The van der Waals surface area contributed by atoms with E-state index in [-0.39, 0.29) is 12.1 Å². The zero-order valence-corrected chi connectivity index (χ0v) is 16.9. The maximum Gasteiger partial charge on any atom is 0.407 e. The molecule has 27 heavy (non-hydrogen) atoms. The Labute approximate surface area is 167 Å². The minimum absolute atomic E-state index is 0.194. The number of ether oxygens (including phenoxy) is 2. The topological polar surface area (TPSA) is 64.6 Å². The summed E-state index contributed by atoms with van der Waals surface area (Å²) < 4.78 is 10.4. The number of esters is 1. The Bertz CT molecular complexity index is 809. The van der Waals surface area contributed by atoms with Crippen LogP contribution in [-0.2, 0) is 20.7 Å². The molecule has 144 valence electrons. The lowest BCUT2D eigenvalue weighted by Crippen LogP contribution is -2.27. The van der Waals surface area contributed by atoms with E-state index in [9.17, 15) is 9.59 Å². The third-order valence-corrected chi connectivity index (χ3v) is 6.09. The number of hydrogen-bond donors (Lipinski definition) is 1. The van der Waals surface area contributed by atoms with Gasteiger partial charge in [0.05, 0.1) is 7.11 Å². The molecule has 0 saturated heterocycles. The van der Waals surface area contributed by atoms with E-state index in [1.807, 2.05) is 0 Å². The fraction of sp³-hybridized carbons (Fsp3) is 0.400. The van der Waals surface area contributed by atoms with E-state index in [2.05, 4.69) is 43.7 Å². The molecule has 0 saturated carbocycles. The Morgan fingerprint density at radius 3 is 2.70 bits per heavy atom. The van der Waals surface area contributed by atoms with Crippen LogP contribution in [0.15, 0.2) is 21.5 Å². The second kappa shape index (κ2) is 9.71. The van der Waals surface area contributed by atoms with Gasteiger partial charge in [0.25, 0.3) is 0 Å². The molecule has 1 aliphatic carbocycles. The Morgan fingerprint density at radius 1 is 1.07 bits per heavy atom. The van der Waals surface area contributed by atoms with Crippen LogP contribution in [0.25, 0.3) is 12.2 Å². The van der Waals surface area contributed by atoms with Crippen LogP contribution < -0.4 is 5.32 Å². The molecule has 1 N–H and O–H groups in total. The first-order valence-electron chi connectivity index (χ1n) is 8.98. The molecular weight excluding hydrogens is 382 g/mol. The lowest BCUT2D eigenvalue weighted by Gasteiger charge is -2.20. The molecule has 3 rings (SSSR count). The van der Waals surface area contributed by atoms with E-state index in [0.717, 1.165) is 30.4 Å². The second-order valence-corrected chi connectivity index (χ2v) is 7.87. The predicted octanol–water partition coefficient (Wildman–Crippen LogP) is 5.04. The third kappa shape index (κ3) is 5.43. The van der Waals surface area contributed by atoms with Crippen LogP contribution >= 0.6 is 22.7 Å². The molecule has 0 fully saturated rings. The number of unbranched alkanes of at least 4 members (excludes halogenated alkanes) is 2. The summed E-state index contributed by atoms with van der Waals surface area (Å²) in [5.41, 5.74) is 4.56. The van der Waals surface area contributed by atoms with Crippen molar-refractivity contribution in [3.05, 3.63) is 43.8 Å². The summed E-state index contributed by atoms with van der Waals surface area (Å²) in [6.07, 6.45) is 7.05. The van der Waals surface area contributed by atoms with Crippen molar-refractivity contribution in [1.29, 1.82) is 0 Å². The summed E-state index contributed by atoms with van der Waals surface area (Å²) >= 11 is 3.28. The predicted molar refractivity (Wildman–Crippen MR) is 109 cm³/mol. The molecule has 1 aliphatic rings. The Morgan fingerprint density at radius 2 is 1.85 bits per heavy atom. The summed E-state index contributed by atoms with van der Waals surface area (Å²) in [4.78, 5) is 23.3. The maximum atomic E-state index is 12.3. The molecule has 0 spiro atoms. The van der Waals surface area contributed by atoms with Crippen LogP contribution in [-0.4, -0.2) is 25.7 Å². The molecule has 1 unspecified atom stereocenters. The number of nitrogens with one attached hydrogen (secondary N) is 1. The van der Waals surface area contributed by atoms with Gasteiger partial charge < -0.3 is 14.8 Å². The van der Waals surface area contributed by atoms with Crippen molar-refractivity contribution in [2.24, 2.45) is 0 Å². The van der Waals surface area contributed by atoms with E-state index < -0.39 is 6.09 Å². The van der Waals surface area contributed by atoms with Gasteiger partial charge in [0.15, 0.2) is 0 Å². The summed E-state index contributed by atoms with van der Waals surface area (Å²) in [6, 6.07) is 0. The smallest absolute Gasteiger partial charge is 0.407 e. The van der Waals surface area contributed by atoms with Gasteiger partial charge in [0.1, 0.15) is 6.10 Å². The monoisotopic (exact) mass is 405 g/mol. The summed E-state index contributed by atoms with van der Waals surface area (Å²) in [5.74, 6) is -0.194. The maximum absolute atomic E-state index is 12.3. The van der Waals surface area contributed by atoms with Crippen molar-refractivity contribution >= 4 is 46.9 Å². The van der Waals surface area contributed by atoms with E-state index in [1.54, 1.807) is 22.7 Å². The molecule has 2 heterocycles. The van der Waals surface area contributed by atoms with Gasteiger partial charge in [-0.2, -0.15) is 22.7 Å². The van der Waals surface area contributed by atoms with Gasteiger partial charge in [0, 0.05) is 24.9 Å². The average molecular weight is 406 g/mol. The van der Waals surface area contributed by atoms with Crippen molar-refractivity contribution in [2.75, 3.05) is 13.7 Å². The first-order valence-corrected chi connectivity index (χ1v) is 10.9. The van der Waals surface area contributed by atoms with Crippen LogP contribution in [0.4, 0.5) is 4.79 Å². The zero-order valence-electron chi connectivity index (χ0n) is 15.2. The normalized spacial score (nSPS) is 16.4. The molecule has 5 nitrogen and oxygen atoms in total. The number of carbonyl (C=O) groups is 2.